The fraction of sp³-hybridized carbons (Fsp3) is 0.133. The van der Waals surface area contributed by atoms with Gasteiger partial charge in [0.1, 0.15) is 11.5 Å². The molecule has 4 aromatic rings. The zero-order valence-electron chi connectivity index (χ0n) is 20.6. The molecule has 0 aliphatic rings. The molecule has 0 aromatic heterocycles. The van der Waals surface area contributed by atoms with Crippen molar-refractivity contribution in [3.63, 3.8) is 0 Å². The smallest absolute Gasteiger partial charge is 0.343 e. The fourth-order valence-electron chi connectivity index (χ4n) is 3.43. The quantitative estimate of drug-likeness (QED) is 0.161. The largest absolute Gasteiger partial charge is 0.423 e. The second kappa shape index (κ2) is 10.8. The normalized spacial score (nSPS) is 10.9. The first-order valence-corrected chi connectivity index (χ1v) is 11.5. The van der Waals surface area contributed by atoms with E-state index >= 15 is 0 Å². The van der Waals surface area contributed by atoms with E-state index in [0.29, 0.717) is 34.0 Å². The van der Waals surface area contributed by atoms with Gasteiger partial charge in [0.2, 0.25) is 0 Å². The van der Waals surface area contributed by atoms with E-state index < -0.39 is 11.9 Å². The van der Waals surface area contributed by atoms with Crippen LogP contribution in [0.2, 0.25) is 0 Å². The summed E-state index contributed by atoms with van der Waals surface area (Å²) in [5, 5.41) is 8.64. The Morgan fingerprint density at radius 2 is 1.17 bits per heavy atom. The lowest BCUT2D eigenvalue weighted by atomic mass is 10.1. The van der Waals surface area contributed by atoms with Crippen molar-refractivity contribution in [1.82, 2.24) is 0 Å². The molecule has 180 valence electrons. The second-order valence-electron chi connectivity index (χ2n) is 8.61. The van der Waals surface area contributed by atoms with Crippen LogP contribution in [0, 0.1) is 27.7 Å². The predicted octanol–water partition coefficient (Wildman–Crippen LogP) is 7.77. The first-order valence-electron chi connectivity index (χ1n) is 11.5. The molecule has 0 spiro atoms. The van der Waals surface area contributed by atoms with Gasteiger partial charge >= 0.3 is 11.9 Å². The van der Waals surface area contributed by atoms with Crippen LogP contribution in [-0.2, 0) is 0 Å². The van der Waals surface area contributed by atoms with Crippen LogP contribution in [0.4, 0.5) is 11.4 Å². The summed E-state index contributed by atoms with van der Waals surface area (Å²) in [7, 11) is 0. The number of hydrogen-bond acceptors (Lipinski definition) is 6. The minimum atomic E-state index is -0.414. The van der Waals surface area contributed by atoms with Crippen LogP contribution in [0.5, 0.6) is 11.5 Å². The van der Waals surface area contributed by atoms with E-state index in [-0.39, 0.29) is 0 Å². The van der Waals surface area contributed by atoms with Gasteiger partial charge < -0.3 is 9.47 Å². The third-order valence-electron chi connectivity index (χ3n) is 5.59. The summed E-state index contributed by atoms with van der Waals surface area (Å²) in [4.78, 5) is 24.8. The van der Waals surface area contributed by atoms with Gasteiger partial charge in [0.15, 0.2) is 0 Å². The maximum absolute atomic E-state index is 12.4. The van der Waals surface area contributed by atoms with Gasteiger partial charge in [0, 0.05) is 0 Å². The summed E-state index contributed by atoms with van der Waals surface area (Å²) in [5.74, 6) is 0.0803. The molecule has 0 radical (unpaired) electrons. The molecule has 4 rings (SSSR count). The van der Waals surface area contributed by atoms with Gasteiger partial charge in [-0.05, 0) is 99.5 Å². The SMILES string of the molecule is Cc1ccc(C(=O)Oc2ccc(/N=N/c3ccc(OC(=O)c4ccc(C)cc4)c(C)c3)c(C)c2)cc1. The third-order valence-corrected chi connectivity index (χ3v) is 5.59. The molecule has 0 atom stereocenters. The molecule has 36 heavy (non-hydrogen) atoms. The van der Waals surface area contributed by atoms with Crippen molar-refractivity contribution in [1.29, 1.82) is 0 Å². The van der Waals surface area contributed by atoms with Crippen LogP contribution in [0.3, 0.4) is 0 Å². The zero-order valence-corrected chi connectivity index (χ0v) is 20.6. The van der Waals surface area contributed by atoms with E-state index in [1.807, 2.05) is 52.0 Å². The number of nitrogens with zero attached hydrogens (tertiary/aromatic N) is 2. The van der Waals surface area contributed by atoms with Crippen LogP contribution < -0.4 is 9.47 Å². The molecule has 4 aromatic carbocycles. The summed E-state index contributed by atoms with van der Waals surface area (Å²) in [5.41, 5.74) is 5.98. The summed E-state index contributed by atoms with van der Waals surface area (Å²) in [6, 6.07) is 24.9. The molecule has 0 saturated heterocycles. The number of carbonyl (C=O) groups is 2. The number of ether oxygens (including phenoxy) is 2. The van der Waals surface area contributed by atoms with Gasteiger partial charge in [0.05, 0.1) is 22.5 Å². The molecule has 0 bridgehead atoms. The Bertz CT molecular complexity index is 1440. The highest BCUT2D eigenvalue weighted by Crippen LogP contribution is 2.29. The molecular weight excluding hydrogens is 452 g/mol. The van der Waals surface area contributed by atoms with Crippen LogP contribution in [0.25, 0.3) is 0 Å². The van der Waals surface area contributed by atoms with Gasteiger partial charge in [-0.3, -0.25) is 0 Å². The Kier molecular flexibility index (Phi) is 7.35. The molecule has 6 nitrogen and oxygen atoms in total. The molecule has 0 heterocycles. The van der Waals surface area contributed by atoms with Crippen molar-refractivity contribution in [2.24, 2.45) is 10.2 Å². The van der Waals surface area contributed by atoms with E-state index in [1.54, 1.807) is 60.7 Å². The second-order valence-corrected chi connectivity index (χ2v) is 8.61. The minimum absolute atomic E-state index is 0.411. The van der Waals surface area contributed by atoms with Crippen LogP contribution >= 0.6 is 0 Å². The number of hydrogen-bond donors (Lipinski definition) is 0. The first kappa shape index (κ1) is 24.5. The Morgan fingerprint density at radius 1 is 0.583 bits per heavy atom. The number of esters is 2. The summed E-state index contributed by atoms with van der Waals surface area (Å²) in [6.45, 7) is 7.64. The maximum Gasteiger partial charge on any atom is 0.343 e. The number of carbonyl (C=O) groups excluding carboxylic acids is 2. The lowest BCUT2D eigenvalue weighted by Gasteiger charge is -2.08. The Labute approximate surface area is 210 Å². The highest BCUT2D eigenvalue weighted by Gasteiger charge is 2.11. The van der Waals surface area contributed by atoms with E-state index in [4.69, 9.17) is 9.47 Å². The lowest BCUT2D eigenvalue weighted by molar-refractivity contribution is 0.0724. The Hall–Kier alpha value is -4.58. The van der Waals surface area contributed by atoms with Crippen molar-refractivity contribution < 1.29 is 19.1 Å². The van der Waals surface area contributed by atoms with Gasteiger partial charge in [-0.2, -0.15) is 10.2 Å². The Balaban J connectivity index is 1.41. The van der Waals surface area contributed by atoms with E-state index in [1.165, 1.54) is 0 Å². The van der Waals surface area contributed by atoms with Gasteiger partial charge in [-0.25, -0.2) is 9.59 Å². The fourth-order valence-corrected chi connectivity index (χ4v) is 3.43. The summed E-state index contributed by atoms with van der Waals surface area (Å²) >= 11 is 0. The van der Waals surface area contributed by atoms with Crippen molar-refractivity contribution in [3.05, 3.63) is 118 Å². The predicted molar refractivity (Wildman–Crippen MR) is 139 cm³/mol. The van der Waals surface area contributed by atoms with Crippen LogP contribution in [0.1, 0.15) is 43.0 Å². The molecule has 6 heteroatoms. The minimum Gasteiger partial charge on any atom is -0.423 e. The summed E-state index contributed by atoms with van der Waals surface area (Å²) < 4.78 is 11.0. The van der Waals surface area contributed by atoms with E-state index in [0.717, 1.165) is 22.3 Å². The maximum atomic E-state index is 12.4. The molecule has 0 aliphatic heterocycles. The molecular formula is C30H26N2O4. The van der Waals surface area contributed by atoms with Crippen molar-refractivity contribution in [2.45, 2.75) is 27.7 Å². The van der Waals surface area contributed by atoms with Crippen molar-refractivity contribution in [2.75, 3.05) is 0 Å². The van der Waals surface area contributed by atoms with Crippen molar-refractivity contribution in [3.8, 4) is 11.5 Å². The van der Waals surface area contributed by atoms with Gasteiger partial charge in [0.25, 0.3) is 0 Å². The standard InChI is InChI=1S/C30H26N2O4/c1-19-5-9-23(10-6-19)29(33)35-26-14-15-27(21(3)18-26)32-31-25-13-16-28(22(4)17-25)36-30(34)24-11-7-20(2)8-12-24/h5-18H,1-4H3/b32-31+. The number of benzene rings is 4. The van der Waals surface area contributed by atoms with Crippen LogP contribution in [0.15, 0.2) is 95.2 Å². The Morgan fingerprint density at radius 3 is 1.72 bits per heavy atom. The van der Waals surface area contributed by atoms with E-state index in [2.05, 4.69) is 10.2 Å². The topological polar surface area (TPSA) is 77.3 Å². The average Bonchev–Trinajstić information content (AvgIpc) is 2.86. The first-order chi connectivity index (χ1) is 17.3. The molecule has 0 N–H and O–H groups in total. The highest BCUT2D eigenvalue weighted by atomic mass is 16.5. The molecule has 0 unspecified atom stereocenters. The molecule has 0 saturated carbocycles. The van der Waals surface area contributed by atoms with E-state index in [9.17, 15) is 9.59 Å². The van der Waals surface area contributed by atoms with Gasteiger partial charge in [-0.1, -0.05) is 35.4 Å². The molecule has 0 fully saturated rings. The monoisotopic (exact) mass is 478 g/mol. The number of azo groups is 1. The van der Waals surface area contributed by atoms with Gasteiger partial charge in [-0.15, -0.1) is 0 Å². The lowest BCUT2D eigenvalue weighted by Crippen LogP contribution is -2.09. The number of aryl methyl sites for hydroxylation is 4. The number of rotatable bonds is 6. The third kappa shape index (κ3) is 6.10. The highest BCUT2D eigenvalue weighted by molar-refractivity contribution is 5.91. The summed E-state index contributed by atoms with van der Waals surface area (Å²) in [6.07, 6.45) is 0. The molecule has 0 amide bonds. The van der Waals surface area contributed by atoms with Crippen molar-refractivity contribution >= 4 is 23.3 Å². The molecule has 0 aliphatic carbocycles. The zero-order chi connectivity index (χ0) is 25.7. The van der Waals surface area contributed by atoms with Crippen LogP contribution in [-0.4, -0.2) is 11.9 Å². The average molecular weight is 479 g/mol.